The molecule has 2 aromatic rings. The molecule has 110 valence electrons. The molecule has 0 saturated carbocycles. The summed E-state index contributed by atoms with van der Waals surface area (Å²) in [6.45, 7) is 1.32. The summed E-state index contributed by atoms with van der Waals surface area (Å²) in [6, 6.07) is 4.78. The van der Waals surface area contributed by atoms with Gasteiger partial charge >= 0.3 is 12.0 Å². The fourth-order valence-corrected chi connectivity index (χ4v) is 1.68. The van der Waals surface area contributed by atoms with Crippen LogP contribution in [0.1, 0.15) is 16.2 Å². The summed E-state index contributed by atoms with van der Waals surface area (Å²) < 4.78 is 6.54. The summed E-state index contributed by atoms with van der Waals surface area (Å²) in [5, 5.41) is 4.19. The molecule has 2 rings (SSSR count). The molecule has 8 nitrogen and oxygen atoms in total. The zero-order valence-electron chi connectivity index (χ0n) is 11.5. The summed E-state index contributed by atoms with van der Waals surface area (Å²) in [5.41, 5.74) is 1.62. The third kappa shape index (κ3) is 3.35. The monoisotopic (exact) mass is 290 g/mol. The third-order valence-electron chi connectivity index (χ3n) is 2.72. The number of hydrogen-bond acceptors (Lipinski definition) is 5. The van der Waals surface area contributed by atoms with Gasteiger partial charge in [0.05, 0.1) is 0 Å². The zero-order valence-corrected chi connectivity index (χ0v) is 11.5. The summed E-state index contributed by atoms with van der Waals surface area (Å²) in [4.78, 5) is 38.1. The van der Waals surface area contributed by atoms with Gasteiger partial charge in [-0.15, -0.1) is 0 Å². The molecule has 0 spiro atoms. The molecule has 0 aliphatic heterocycles. The molecule has 0 unspecified atom stereocenters. The number of aromatic nitrogens is 2. The topological polar surface area (TPSA) is 102 Å². The Hall–Kier alpha value is -2.90. The number of imide groups is 1. The van der Waals surface area contributed by atoms with Crippen molar-refractivity contribution in [2.24, 2.45) is 0 Å². The predicted molar refractivity (Wildman–Crippen MR) is 72.8 cm³/mol. The molecule has 2 N–H and O–H groups in total. The molecule has 0 aliphatic carbocycles. The number of esters is 1. The van der Waals surface area contributed by atoms with Gasteiger partial charge in [-0.2, -0.15) is 0 Å². The highest BCUT2D eigenvalue weighted by molar-refractivity contribution is 5.96. The second-order valence-corrected chi connectivity index (χ2v) is 4.22. The van der Waals surface area contributed by atoms with E-state index >= 15 is 0 Å². The highest BCUT2D eigenvalue weighted by atomic mass is 16.5. The van der Waals surface area contributed by atoms with Gasteiger partial charge in [0, 0.05) is 18.9 Å². The lowest BCUT2D eigenvalue weighted by Crippen LogP contribution is -2.39. The summed E-state index contributed by atoms with van der Waals surface area (Å²) in [6.07, 6.45) is 1.53. The number of aryl methyl sites for hydroxylation is 1. The van der Waals surface area contributed by atoms with Crippen LogP contribution in [0, 0.1) is 6.92 Å². The van der Waals surface area contributed by atoms with Crippen molar-refractivity contribution in [3.63, 3.8) is 0 Å². The van der Waals surface area contributed by atoms with Crippen LogP contribution in [0.4, 0.5) is 4.79 Å². The molecular weight excluding hydrogens is 276 g/mol. The molecule has 3 amide bonds. The van der Waals surface area contributed by atoms with Crippen molar-refractivity contribution >= 4 is 23.6 Å². The van der Waals surface area contributed by atoms with Gasteiger partial charge < -0.3 is 14.5 Å². The van der Waals surface area contributed by atoms with Crippen molar-refractivity contribution < 1.29 is 19.1 Å². The van der Waals surface area contributed by atoms with Crippen molar-refractivity contribution in [1.29, 1.82) is 0 Å². The van der Waals surface area contributed by atoms with Gasteiger partial charge in [0.25, 0.3) is 5.91 Å². The van der Waals surface area contributed by atoms with Crippen LogP contribution in [0.3, 0.4) is 0 Å². The molecular formula is C13H14N4O4. The Labute approximate surface area is 120 Å². The van der Waals surface area contributed by atoms with E-state index in [9.17, 15) is 14.4 Å². The average molecular weight is 290 g/mol. The predicted octanol–water partition coefficient (Wildman–Crippen LogP) is 0.255. The van der Waals surface area contributed by atoms with Crippen molar-refractivity contribution in [1.82, 2.24) is 20.0 Å². The van der Waals surface area contributed by atoms with Gasteiger partial charge in [-0.1, -0.05) is 6.07 Å². The van der Waals surface area contributed by atoms with E-state index in [0.717, 1.165) is 5.69 Å². The fourth-order valence-electron chi connectivity index (χ4n) is 1.68. The number of fused-ring (bicyclic) bond motifs is 1. The first-order valence-corrected chi connectivity index (χ1v) is 6.14. The van der Waals surface area contributed by atoms with E-state index in [1.165, 1.54) is 13.2 Å². The standard InChI is InChI=1S/C13H14N4O4/c1-8-4-3-5-10-15-9(6-17(8)10)12(19)21-7-11(18)16-13(20)14-2/h3-6H,7H2,1-2H3,(H2,14,16,18,20). The number of nitrogens with zero attached hydrogens (tertiary/aromatic N) is 2. The molecule has 0 bridgehead atoms. The van der Waals surface area contributed by atoms with Crippen molar-refractivity contribution in [3.05, 3.63) is 35.8 Å². The van der Waals surface area contributed by atoms with E-state index in [-0.39, 0.29) is 5.69 Å². The quantitative estimate of drug-likeness (QED) is 0.789. The van der Waals surface area contributed by atoms with Gasteiger partial charge in [-0.05, 0) is 19.1 Å². The Kier molecular flexibility index (Phi) is 4.17. The Morgan fingerprint density at radius 2 is 2.10 bits per heavy atom. The first kappa shape index (κ1) is 14.5. The van der Waals surface area contributed by atoms with Crippen molar-refractivity contribution in [2.45, 2.75) is 6.92 Å². The Morgan fingerprint density at radius 3 is 2.76 bits per heavy atom. The number of urea groups is 1. The molecule has 8 heteroatoms. The fraction of sp³-hybridized carbons (Fsp3) is 0.231. The largest absolute Gasteiger partial charge is 0.451 e. The van der Waals surface area contributed by atoms with Crippen molar-refractivity contribution in [3.8, 4) is 0 Å². The maximum absolute atomic E-state index is 11.8. The first-order chi connectivity index (χ1) is 10.0. The molecule has 0 atom stereocenters. The van der Waals surface area contributed by atoms with Gasteiger partial charge in [-0.3, -0.25) is 10.1 Å². The molecule has 0 saturated heterocycles. The summed E-state index contributed by atoms with van der Waals surface area (Å²) in [7, 11) is 1.37. The average Bonchev–Trinajstić information content (AvgIpc) is 2.90. The molecule has 2 aromatic heterocycles. The normalized spacial score (nSPS) is 10.2. The van der Waals surface area contributed by atoms with Crippen LogP contribution >= 0.6 is 0 Å². The van der Waals surface area contributed by atoms with Crippen LogP contribution in [0.25, 0.3) is 5.65 Å². The molecule has 0 aromatic carbocycles. The zero-order chi connectivity index (χ0) is 15.4. The van der Waals surface area contributed by atoms with Gasteiger partial charge in [0.2, 0.25) is 0 Å². The number of amides is 3. The first-order valence-electron chi connectivity index (χ1n) is 6.14. The summed E-state index contributed by atoms with van der Waals surface area (Å²) in [5.74, 6) is -1.45. The Morgan fingerprint density at radius 1 is 1.33 bits per heavy atom. The molecule has 0 radical (unpaired) electrons. The number of pyridine rings is 1. The minimum atomic E-state index is -0.731. The number of imidazole rings is 1. The van der Waals surface area contributed by atoms with Crippen LogP contribution in [0.5, 0.6) is 0 Å². The molecule has 0 fully saturated rings. The van der Waals surface area contributed by atoms with E-state index in [4.69, 9.17) is 4.74 Å². The lowest BCUT2D eigenvalue weighted by Gasteiger charge is -2.03. The highest BCUT2D eigenvalue weighted by Crippen LogP contribution is 2.09. The van der Waals surface area contributed by atoms with E-state index in [1.807, 2.05) is 24.4 Å². The molecule has 2 heterocycles. The van der Waals surface area contributed by atoms with Crippen LogP contribution in [0.15, 0.2) is 24.4 Å². The minimum Gasteiger partial charge on any atom is -0.451 e. The van der Waals surface area contributed by atoms with Crippen molar-refractivity contribution in [2.75, 3.05) is 13.7 Å². The number of carbonyl (C=O) groups excluding carboxylic acids is 3. The maximum atomic E-state index is 11.8. The third-order valence-corrected chi connectivity index (χ3v) is 2.72. The van der Waals surface area contributed by atoms with E-state index in [2.05, 4.69) is 10.3 Å². The lowest BCUT2D eigenvalue weighted by molar-refractivity contribution is -0.123. The van der Waals surface area contributed by atoms with Crippen LogP contribution < -0.4 is 10.6 Å². The molecule has 0 aliphatic rings. The highest BCUT2D eigenvalue weighted by Gasteiger charge is 2.15. The van der Waals surface area contributed by atoms with Crippen LogP contribution in [0.2, 0.25) is 0 Å². The van der Waals surface area contributed by atoms with E-state index in [0.29, 0.717) is 5.65 Å². The van der Waals surface area contributed by atoms with Gasteiger partial charge in [0.15, 0.2) is 12.3 Å². The second kappa shape index (κ2) is 6.04. The number of nitrogens with one attached hydrogen (secondary N) is 2. The smallest absolute Gasteiger partial charge is 0.359 e. The van der Waals surface area contributed by atoms with Crippen LogP contribution in [-0.4, -0.2) is 40.9 Å². The van der Waals surface area contributed by atoms with Gasteiger partial charge in [0.1, 0.15) is 5.65 Å². The number of ether oxygens (including phenoxy) is 1. The second-order valence-electron chi connectivity index (χ2n) is 4.22. The minimum absolute atomic E-state index is 0.0945. The Balaban J connectivity index is 2.01. The number of rotatable bonds is 3. The number of carbonyl (C=O) groups is 3. The van der Waals surface area contributed by atoms with Gasteiger partial charge in [-0.25, -0.2) is 14.6 Å². The maximum Gasteiger partial charge on any atom is 0.359 e. The van der Waals surface area contributed by atoms with E-state index < -0.39 is 24.5 Å². The van der Waals surface area contributed by atoms with Crippen LogP contribution in [-0.2, 0) is 9.53 Å². The Bertz CT molecular complexity index is 707. The SMILES string of the molecule is CNC(=O)NC(=O)COC(=O)c1cn2c(C)cccc2n1. The number of hydrogen-bond donors (Lipinski definition) is 2. The lowest BCUT2D eigenvalue weighted by atomic mass is 10.4. The summed E-state index contributed by atoms with van der Waals surface area (Å²) >= 11 is 0. The molecule has 21 heavy (non-hydrogen) atoms. The van der Waals surface area contributed by atoms with E-state index in [1.54, 1.807) is 10.5 Å².